The molecule has 13 aromatic rings. The molecule has 4 aromatic heterocycles. The predicted molar refractivity (Wildman–Crippen MR) is 246 cm³/mol. The average molecular weight is 771 g/mol. The largest absolute Gasteiger partial charge is 0.454 e. The second-order valence-corrected chi connectivity index (χ2v) is 16.2. The molecule has 0 aliphatic heterocycles. The molecule has 13 rings (SSSR count). The molecular weight excluding hydrogens is 741 g/mol. The molecule has 6 heteroatoms. The Morgan fingerprint density at radius 2 is 1.10 bits per heavy atom. The van der Waals surface area contributed by atoms with Crippen LogP contribution in [0.15, 0.2) is 186 Å². The molecular formula is C53H30N4OS. The van der Waals surface area contributed by atoms with Crippen LogP contribution in [-0.4, -0.2) is 19.5 Å². The summed E-state index contributed by atoms with van der Waals surface area (Å²) in [6, 6.07) is 64.3. The molecule has 0 radical (unpaired) electrons. The Morgan fingerprint density at radius 1 is 0.424 bits per heavy atom. The number of hydrogen-bond acceptors (Lipinski definition) is 5. The minimum atomic E-state index is 0.593. The number of para-hydroxylation sites is 1. The number of thiophene rings is 1. The van der Waals surface area contributed by atoms with Gasteiger partial charge in [-0.2, -0.15) is 0 Å². The third kappa shape index (κ3) is 4.87. The first kappa shape index (κ1) is 32.4. The van der Waals surface area contributed by atoms with Crippen molar-refractivity contribution in [3.05, 3.63) is 182 Å². The number of aromatic nitrogens is 4. The van der Waals surface area contributed by atoms with E-state index in [1.807, 2.05) is 18.2 Å². The summed E-state index contributed by atoms with van der Waals surface area (Å²) in [7, 11) is 0. The van der Waals surface area contributed by atoms with Crippen LogP contribution in [0.2, 0.25) is 0 Å². The van der Waals surface area contributed by atoms with Gasteiger partial charge in [0.2, 0.25) is 0 Å². The third-order valence-corrected chi connectivity index (χ3v) is 13.0. The van der Waals surface area contributed by atoms with Crippen LogP contribution in [0.5, 0.6) is 0 Å². The van der Waals surface area contributed by atoms with Gasteiger partial charge in [0.1, 0.15) is 5.58 Å². The normalized spacial score (nSPS) is 12.1. The van der Waals surface area contributed by atoms with E-state index in [1.54, 1.807) is 11.3 Å². The number of benzene rings is 9. The first-order chi connectivity index (χ1) is 29.2. The molecule has 0 saturated heterocycles. The molecule has 0 aliphatic rings. The van der Waals surface area contributed by atoms with Gasteiger partial charge in [-0.05, 0) is 70.1 Å². The van der Waals surface area contributed by atoms with Gasteiger partial charge in [-0.25, -0.2) is 15.0 Å². The molecule has 0 N–H and O–H groups in total. The minimum absolute atomic E-state index is 0.593. The molecule has 0 bridgehead atoms. The van der Waals surface area contributed by atoms with Gasteiger partial charge < -0.3 is 8.98 Å². The summed E-state index contributed by atoms with van der Waals surface area (Å²) in [6.07, 6.45) is 0. The maximum absolute atomic E-state index is 6.98. The van der Waals surface area contributed by atoms with Gasteiger partial charge in [-0.3, -0.25) is 0 Å². The fraction of sp³-hybridized carbons (Fsp3) is 0. The number of fused-ring (bicyclic) bond motifs is 12. The van der Waals surface area contributed by atoms with Crippen LogP contribution < -0.4 is 0 Å². The quantitative estimate of drug-likeness (QED) is 0.179. The SMILES string of the molecule is c1ccc(-c2nc(-c3cc(-n4c5ccccc5c5cc6ccccc6cc54)c4oc5ccc6ccccc6c5c4c3)nc(-c3cccc4c3sc3ccccc34)n2)cc1. The van der Waals surface area contributed by atoms with Gasteiger partial charge in [-0.1, -0.05) is 133 Å². The zero-order valence-electron chi connectivity index (χ0n) is 31.4. The molecule has 0 spiro atoms. The average Bonchev–Trinajstić information content (AvgIpc) is 3.98. The second-order valence-electron chi connectivity index (χ2n) is 15.2. The van der Waals surface area contributed by atoms with Crippen LogP contribution in [0.1, 0.15) is 0 Å². The van der Waals surface area contributed by atoms with Crippen molar-refractivity contribution in [1.82, 2.24) is 19.5 Å². The molecule has 0 saturated carbocycles. The molecule has 5 nitrogen and oxygen atoms in total. The van der Waals surface area contributed by atoms with E-state index in [9.17, 15) is 0 Å². The Balaban J connectivity index is 1.16. The Labute approximate surface area is 341 Å². The Morgan fingerprint density at radius 3 is 1.97 bits per heavy atom. The van der Waals surface area contributed by atoms with Gasteiger partial charge in [0.15, 0.2) is 23.1 Å². The summed E-state index contributed by atoms with van der Waals surface area (Å²) in [6.45, 7) is 0. The fourth-order valence-electron chi connectivity index (χ4n) is 9.11. The molecule has 59 heavy (non-hydrogen) atoms. The summed E-state index contributed by atoms with van der Waals surface area (Å²) >= 11 is 1.78. The van der Waals surface area contributed by atoms with Gasteiger partial charge in [0.05, 0.1) is 16.7 Å². The highest BCUT2D eigenvalue weighted by Gasteiger charge is 2.23. The van der Waals surface area contributed by atoms with Crippen molar-refractivity contribution in [3.63, 3.8) is 0 Å². The number of nitrogens with zero attached hydrogens (tertiary/aromatic N) is 4. The number of rotatable bonds is 4. The third-order valence-electron chi connectivity index (χ3n) is 11.8. The highest BCUT2D eigenvalue weighted by molar-refractivity contribution is 7.26. The van der Waals surface area contributed by atoms with E-state index in [1.165, 1.54) is 37.0 Å². The van der Waals surface area contributed by atoms with Crippen molar-refractivity contribution in [2.24, 2.45) is 0 Å². The van der Waals surface area contributed by atoms with E-state index in [4.69, 9.17) is 19.4 Å². The molecule has 0 amide bonds. The van der Waals surface area contributed by atoms with Crippen molar-refractivity contribution >= 4 is 96.8 Å². The molecule has 9 aromatic carbocycles. The van der Waals surface area contributed by atoms with Gasteiger partial charge in [-0.15, -0.1) is 11.3 Å². The van der Waals surface area contributed by atoms with Crippen LogP contribution in [0.25, 0.3) is 125 Å². The van der Waals surface area contributed by atoms with Crippen LogP contribution in [0.4, 0.5) is 0 Å². The summed E-state index contributed by atoms with van der Waals surface area (Å²) in [5.41, 5.74) is 7.56. The van der Waals surface area contributed by atoms with Gasteiger partial charge in [0, 0.05) is 58.4 Å². The predicted octanol–water partition coefficient (Wildman–Crippen LogP) is 14.5. The monoisotopic (exact) mass is 770 g/mol. The zero-order chi connectivity index (χ0) is 38.6. The highest BCUT2D eigenvalue weighted by atomic mass is 32.1. The lowest BCUT2D eigenvalue weighted by Gasteiger charge is -2.13. The zero-order valence-corrected chi connectivity index (χ0v) is 32.2. The van der Waals surface area contributed by atoms with Gasteiger partial charge >= 0.3 is 0 Å². The Kier molecular flexibility index (Phi) is 6.82. The highest BCUT2D eigenvalue weighted by Crippen LogP contribution is 2.44. The van der Waals surface area contributed by atoms with E-state index in [-0.39, 0.29) is 0 Å². The summed E-state index contributed by atoms with van der Waals surface area (Å²) in [5.74, 6) is 1.85. The molecule has 4 heterocycles. The maximum atomic E-state index is 6.98. The van der Waals surface area contributed by atoms with Crippen LogP contribution >= 0.6 is 11.3 Å². The number of hydrogen-bond donors (Lipinski definition) is 0. The number of furan rings is 1. The van der Waals surface area contributed by atoms with Crippen molar-refractivity contribution in [3.8, 4) is 39.9 Å². The van der Waals surface area contributed by atoms with Gasteiger partial charge in [0.25, 0.3) is 0 Å². The lowest BCUT2D eigenvalue weighted by Crippen LogP contribution is -2.01. The van der Waals surface area contributed by atoms with E-state index in [0.717, 1.165) is 70.8 Å². The summed E-state index contributed by atoms with van der Waals surface area (Å²) < 4.78 is 11.7. The summed E-state index contributed by atoms with van der Waals surface area (Å²) in [5, 5.41) is 11.6. The molecule has 0 aliphatic carbocycles. The first-order valence-corrected chi connectivity index (χ1v) is 20.6. The lowest BCUT2D eigenvalue weighted by atomic mass is 10.0. The van der Waals surface area contributed by atoms with E-state index < -0.39 is 0 Å². The molecule has 0 fully saturated rings. The van der Waals surface area contributed by atoms with Crippen molar-refractivity contribution in [1.29, 1.82) is 0 Å². The van der Waals surface area contributed by atoms with Crippen LogP contribution in [-0.2, 0) is 0 Å². The Hall–Kier alpha value is -7.67. The van der Waals surface area contributed by atoms with E-state index in [0.29, 0.717) is 17.5 Å². The summed E-state index contributed by atoms with van der Waals surface area (Å²) in [4.78, 5) is 15.9. The minimum Gasteiger partial charge on any atom is -0.454 e. The maximum Gasteiger partial charge on any atom is 0.165 e. The fourth-order valence-corrected chi connectivity index (χ4v) is 10.3. The van der Waals surface area contributed by atoms with E-state index >= 15 is 0 Å². The molecule has 0 atom stereocenters. The molecule has 274 valence electrons. The second kappa shape index (κ2) is 12.4. The standard InChI is InChI=1S/C53H30N4OS/c1-2-14-32(15-3-1)51-54-52(56-53(55-51)40-22-12-21-39-38-20-9-11-24-47(38)59-50(39)40)35-28-42-48-36-18-7-6-13-31(36)25-26-46(48)58-49(42)45(30-35)57-43-23-10-8-19-37(43)41-27-33-16-4-5-17-34(33)29-44(41)57/h1-30H. The van der Waals surface area contributed by atoms with E-state index in [2.05, 4.69) is 168 Å². The van der Waals surface area contributed by atoms with Crippen molar-refractivity contribution in [2.75, 3.05) is 0 Å². The Bertz CT molecular complexity index is 3860. The lowest BCUT2D eigenvalue weighted by molar-refractivity contribution is 0.666. The molecule has 0 unspecified atom stereocenters. The van der Waals surface area contributed by atoms with Crippen molar-refractivity contribution < 1.29 is 4.42 Å². The topological polar surface area (TPSA) is 56.7 Å². The smallest absolute Gasteiger partial charge is 0.165 e. The first-order valence-electron chi connectivity index (χ1n) is 19.8. The van der Waals surface area contributed by atoms with Crippen LogP contribution in [0.3, 0.4) is 0 Å². The van der Waals surface area contributed by atoms with Crippen LogP contribution in [0, 0.1) is 0 Å². The van der Waals surface area contributed by atoms with Crippen molar-refractivity contribution in [2.45, 2.75) is 0 Å².